The Bertz CT molecular complexity index is 464. The van der Waals surface area contributed by atoms with Crippen molar-refractivity contribution in [3.63, 3.8) is 0 Å². The van der Waals surface area contributed by atoms with Gasteiger partial charge in [0, 0.05) is 28.4 Å². The third-order valence-corrected chi connectivity index (χ3v) is 5.62. The van der Waals surface area contributed by atoms with Gasteiger partial charge in [0.2, 0.25) is 0 Å². The molecule has 27 heavy (non-hydrogen) atoms. The number of rotatable bonds is 16. The van der Waals surface area contributed by atoms with Gasteiger partial charge in [0.25, 0.3) is 5.97 Å². The van der Waals surface area contributed by atoms with Crippen molar-refractivity contribution in [3.8, 4) is 0 Å². The minimum atomic E-state index is -1.11. The number of aryl methyl sites for hydroxylation is 1. The van der Waals surface area contributed by atoms with Crippen LogP contribution in [0.5, 0.6) is 0 Å². The summed E-state index contributed by atoms with van der Waals surface area (Å²) in [5.74, 6) is -1.11. The first-order valence-electron chi connectivity index (χ1n) is 10.3. The first-order valence-corrected chi connectivity index (χ1v) is 10.3. The molecule has 0 heterocycles. The number of hydrogen-bond acceptors (Lipinski definition) is 4. The topological polar surface area (TPSA) is 36.9 Å². The first-order chi connectivity index (χ1) is 13.1. The standard InChI is InChI=1S/C23H40O4/c1-6-7-8-9-10-14-18-22(20-24-2,23(25-3,26-4)27-5)19-17-21-15-12-11-13-16-21/h11-13,15-16H,6-10,14,17-20H2,1-5H3. The molecule has 0 aliphatic carbocycles. The van der Waals surface area contributed by atoms with Gasteiger partial charge in [-0.1, -0.05) is 75.8 Å². The molecule has 0 radical (unpaired) electrons. The van der Waals surface area contributed by atoms with Crippen molar-refractivity contribution in [3.05, 3.63) is 35.9 Å². The lowest BCUT2D eigenvalue weighted by molar-refractivity contribution is -0.414. The normalized spacial score (nSPS) is 14.3. The van der Waals surface area contributed by atoms with Crippen LogP contribution in [0.4, 0.5) is 0 Å². The second kappa shape index (κ2) is 13.3. The maximum absolute atomic E-state index is 5.81. The highest BCUT2D eigenvalue weighted by atomic mass is 16.9. The van der Waals surface area contributed by atoms with E-state index in [4.69, 9.17) is 18.9 Å². The molecule has 1 aromatic rings. The van der Waals surface area contributed by atoms with E-state index in [1.807, 2.05) is 6.07 Å². The van der Waals surface area contributed by atoms with E-state index in [9.17, 15) is 0 Å². The average Bonchev–Trinajstić information content (AvgIpc) is 2.71. The molecule has 0 spiro atoms. The van der Waals surface area contributed by atoms with Crippen LogP contribution in [0.3, 0.4) is 0 Å². The molecule has 0 fully saturated rings. The van der Waals surface area contributed by atoms with E-state index in [2.05, 4.69) is 31.2 Å². The van der Waals surface area contributed by atoms with E-state index in [1.165, 1.54) is 37.7 Å². The smallest absolute Gasteiger partial charge is 0.290 e. The Morgan fingerprint density at radius 3 is 1.89 bits per heavy atom. The summed E-state index contributed by atoms with van der Waals surface area (Å²) in [5.41, 5.74) is 0.929. The third kappa shape index (κ3) is 6.86. The van der Waals surface area contributed by atoms with E-state index < -0.39 is 5.97 Å². The molecule has 4 heteroatoms. The summed E-state index contributed by atoms with van der Waals surface area (Å²) in [6, 6.07) is 10.5. The van der Waals surface area contributed by atoms with Crippen LogP contribution in [-0.4, -0.2) is 41.0 Å². The second-order valence-electron chi connectivity index (χ2n) is 7.39. The molecule has 1 atom stereocenters. The Labute approximate surface area is 166 Å². The SMILES string of the molecule is CCCCCCCCC(CCc1ccccc1)(COC)C(OC)(OC)OC. The number of ether oxygens (including phenoxy) is 4. The van der Waals surface area contributed by atoms with Crippen LogP contribution in [-0.2, 0) is 25.4 Å². The van der Waals surface area contributed by atoms with Gasteiger partial charge in [-0.3, -0.25) is 0 Å². The quantitative estimate of drug-likeness (QED) is 0.276. The van der Waals surface area contributed by atoms with Gasteiger partial charge < -0.3 is 18.9 Å². The van der Waals surface area contributed by atoms with Gasteiger partial charge in [-0.2, -0.15) is 0 Å². The summed E-state index contributed by atoms with van der Waals surface area (Å²) in [6.07, 6.45) is 10.2. The Kier molecular flexibility index (Phi) is 11.8. The van der Waals surface area contributed by atoms with E-state index in [0.717, 1.165) is 25.7 Å². The predicted octanol–water partition coefficient (Wildman–Crippen LogP) is 5.60. The van der Waals surface area contributed by atoms with E-state index in [1.54, 1.807) is 28.4 Å². The van der Waals surface area contributed by atoms with Gasteiger partial charge in [-0.15, -0.1) is 0 Å². The van der Waals surface area contributed by atoms with Gasteiger partial charge in [0.05, 0.1) is 12.0 Å². The largest absolute Gasteiger partial charge is 0.384 e. The Morgan fingerprint density at radius 1 is 0.741 bits per heavy atom. The molecule has 0 aromatic heterocycles. The molecule has 0 saturated heterocycles. The number of methoxy groups -OCH3 is 4. The average molecular weight is 381 g/mol. The zero-order chi connectivity index (χ0) is 20.0. The molecule has 1 rings (SSSR count). The molecule has 0 aliphatic rings. The summed E-state index contributed by atoms with van der Waals surface area (Å²) >= 11 is 0. The molecule has 0 N–H and O–H groups in total. The lowest BCUT2D eigenvalue weighted by atomic mass is 9.75. The fraction of sp³-hybridized carbons (Fsp3) is 0.739. The third-order valence-electron chi connectivity index (χ3n) is 5.62. The molecule has 0 saturated carbocycles. The number of hydrogen-bond donors (Lipinski definition) is 0. The van der Waals surface area contributed by atoms with E-state index in [-0.39, 0.29) is 5.41 Å². The van der Waals surface area contributed by atoms with Crippen LogP contribution in [0.1, 0.15) is 63.9 Å². The van der Waals surface area contributed by atoms with Crippen molar-refractivity contribution < 1.29 is 18.9 Å². The maximum atomic E-state index is 5.81. The summed E-state index contributed by atoms with van der Waals surface area (Å²) in [6.45, 7) is 2.78. The molecular formula is C23H40O4. The lowest BCUT2D eigenvalue weighted by Gasteiger charge is -2.47. The summed E-state index contributed by atoms with van der Waals surface area (Å²) in [5, 5.41) is 0. The molecule has 4 nitrogen and oxygen atoms in total. The summed E-state index contributed by atoms with van der Waals surface area (Å²) in [4.78, 5) is 0. The van der Waals surface area contributed by atoms with Crippen LogP contribution in [0.2, 0.25) is 0 Å². The zero-order valence-corrected chi connectivity index (χ0v) is 18.1. The van der Waals surface area contributed by atoms with Crippen LogP contribution >= 0.6 is 0 Å². The molecule has 0 amide bonds. The van der Waals surface area contributed by atoms with Gasteiger partial charge in [0.1, 0.15) is 0 Å². The van der Waals surface area contributed by atoms with E-state index in [0.29, 0.717) is 6.61 Å². The van der Waals surface area contributed by atoms with Gasteiger partial charge in [-0.05, 0) is 24.8 Å². The Balaban J connectivity index is 2.94. The minimum Gasteiger partial charge on any atom is -0.384 e. The van der Waals surface area contributed by atoms with Crippen molar-refractivity contribution in [2.45, 2.75) is 70.7 Å². The zero-order valence-electron chi connectivity index (χ0n) is 18.1. The van der Waals surface area contributed by atoms with Crippen LogP contribution < -0.4 is 0 Å². The second-order valence-corrected chi connectivity index (χ2v) is 7.39. The predicted molar refractivity (Wildman–Crippen MR) is 111 cm³/mol. The summed E-state index contributed by atoms with van der Waals surface area (Å²) in [7, 11) is 6.70. The number of unbranched alkanes of at least 4 members (excludes halogenated alkanes) is 5. The fourth-order valence-corrected chi connectivity index (χ4v) is 4.11. The van der Waals surface area contributed by atoms with Crippen LogP contribution in [0.15, 0.2) is 30.3 Å². The molecule has 1 unspecified atom stereocenters. The van der Waals surface area contributed by atoms with Crippen LogP contribution in [0.25, 0.3) is 0 Å². The van der Waals surface area contributed by atoms with Gasteiger partial charge in [-0.25, -0.2) is 0 Å². The highest BCUT2D eigenvalue weighted by Gasteiger charge is 2.53. The Morgan fingerprint density at radius 2 is 1.33 bits per heavy atom. The van der Waals surface area contributed by atoms with Crippen molar-refractivity contribution in [1.29, 1.82) is 0 Å². The van der Waals surface area contributed by atoms with Gasteiger partial charge >= 0.3 is 0 Å². The van der Waals surface area contributed by atoms with Crippen molar-refractivity contribution >= 4 is 0 Å². The first kappa shape index (κ1) is 24.1. The molecule has 0 bridgehead atoms. The minimum absolute atomic E-state index is 0.374. The van der Waals surface area contributed by atoms with Crippen molar-refractivity contribution in [2.24, 2.45) is 5.41 Å². The highest BCUT2D eigenvalue weighted by Crippen LogP contribution is 2.45. The van der Waals surface area contributed by atoms with Crippen LogP contribution in [0, 0.1) is 5.41 Å². The van der Waals surface area contributed by atoms with E-state index >= 15 is 0 Å². The fourth-order valence-electron chi connectivity index (χ4n) is 4.11. The summed E-state index contributed by atoms with van der Waals surface area (Å²) < 4.78 is 23.1. The molecule has 1 aromatic carbocycles. The van der Waals surface area contributed by atoms with Gasteiger partial charge in [0.15, 0.2) is 0 Å². The monoisotopic (exact) mass is 380 g/mol. The molecule has 156 valence electrons. The Hall–Kier alpha value is -0.940. The molecule has 0 aliphatic heterocycles. The number of benzene rings is 1. The van der Waals surface area contributed by atoms with Crippen molar-refractivity contribution in [1.82, 2.24) is 0 Å². The highest BCUT2D eigenvalue weighted by molar-refractivity contribution is 5.15. The maximum Gasteiger partial charge on any atom is 0.290 e. The molecular weight excluding hydrogens is 340 g/mol. The van der Waals surface area contributed by atoms with Crippen molar-refractivity contribution in [2.75, 3.05) is 35.0 Å². The lowest BCUT2D eigenvalue weighted by Crippen LogP contribution is -2.55.